The maximum atomic E-state index is 14.9. The van der Waals surface area contributed by atoms with E-state index in [-0.39, 0.29) is 100 Å². The van der Waals surface area contributed by atoms with Gasteiger partial charge in [-0.15, -0.1) is 11.8 Å². The molecule has 1 aromatic heterocycles. The van der Waals surface area contributed by atoms with Crippen LogP contribution in [0.2, 0.25) is 0 Å². The van der Waals surface area contributed by atoms with Crippen molar-refractivity contribution in [2.75, 3.05) is 71.6 Å². The summed E-state index contributed by atoms with van der Waals surface area (Å²) in [5, 5.41) is 10.0. The number of rotatable bonds is 16. The number of nitrogens with one attached hydrogen (secondary N) is 2. The molecule has 59 heavy (non-hydrogen) atoms. The maximum absolute atomic E-state index is 14.9. The lowest BCUT2D eigenvalue weighted by molar-refractivity contribution is -0.138. The van der Waals surface area contributed by atoms with E-state index >= 15 is 0 Å². The number of benzene rings is 3. The number of ether oxygens (including phenoxy) is 3. The van der Waals surface area contributed by atoms with Crippen LogP contribution in [0, 0.1) is 5.82 Å². The normalized spacial score (nSPS) is 16.8. The maximum Gasteiger partial charge on any atom is 0.272 e. The van der Waals surface area contributed by atoms with Gasteiger partial charge in [0.25, 0.3) is 23.3 Å². The third-order valence-corrected chi connectivity index (χ3v) is 11.2. The van der Waals surface area contributed by atoms with Crippen molar-refractivity contribution in [3.63, 3.8) is 0 Å². The van der Waals surface area contributed by atoms with Crippen LogP contribution in [0.3, 0.4) is 0 Å². The van der Waals surface area contributed by atoms with Gasteiger partial charge in [-0.25, -0.2) is 9.49 Å². The fourth-order valence-corrected chi connectivity index (χ4v) is 8.12. The molecule has 6 amide bonds. The zero-order valence-corrected chi connectivity index (χ0v) is 32.7. The van der Waals surface area contributed by atoms with Gasteiger partial charge in [0, 0.05) is 55.1 Å². The highest BCUT2D eigenvalue weighted by molar-refractivity contribution is 7.99. The molecule has 4 heterocycles. The SMILES string of the molecule is O=C1CCC(N2C(=O)c3cccc(SCCOCCOCCOCC(=O)N4CCN(C(=O)c5cc(Cc6n[nH]c(=O)c7ccccc67)ccc5F)CC4)c3C2=O)C(=O)N1. The van der Waals surface area contributed by atoms with Gasteiger partial charge < -0.3 is 24.0 Å². The smallest absolute Gasteiger partial charge is 0.272 e. The summed E-state index contributed by atoms with van der Waals surface area (Å²) in [5.74, 6) is -3.06. The number of imide groups is 2. The third-order valence-electron chi connectivity index (χ3n) is 10.2. The molecule has 3 aliphatic rings. The van der Waals surface area contributed by atoms with Crippen molar-refractivity contribution in [1.82, 2.24) is 30.2 Å². The van der Waals surface area contributed by atoms with Crippen LogP contribution in [0.15, 0.2) is 70.4 Å². The first-order chi connectivity index (χ1) is 28.6. The highest BCUT2D eigenvalue weighted by atomic mass is 32.2. The molecule has 7 rings (SSSR count). The summed E-state index contributed by atoms with van der Waals surface area (Å²) in [6, 6.07) is 15.3. The Balaban J connectivity index is 0.761. The Morgan fingerprint density at radius 3 is 2.29 bits per heavy atom. The summed E-state index contributed by atoms with van der Waals surface area (Å²) in [4.78, 5) is 93.1. The number of piperazine rings is 1. The number of fused-ring (bicyclic) bond motifs is 2. The number of thioether (sulfide) groups is 1. The van der Waals surface area contributed by atoms with Gasteiger partial charge in [0.2, 0.25) is 17.7 Å². The molecule has 0 bridgehead atoms. The largest absolute Gasteiger partial charge is 0.378 e. The van der Waals surface area contributed by atoms with Crippen LogP contribution in [0.25, 0.3) is 10.8 Å². The predicted octanol–water partition coefficient (Wildman–Crippen LogP) is 2.18. The van der Waals surface area contributed by atoms with Crippen molar-refractivity contribution in [2.24, 2.45) is 0 Å². The first-order valence-electron chi connectivity index (χ1n) is 19.1. The average molecular weight is 829 g/mol. The van der Waals surface area contributed by atoms with Crippen molar-refractivity contribution in [2.45, 2.75) is 30.2 Å². The van der Waals surface area contributed by atoms with Crippen LogP contribution in [-0.4, -0.2) is 138 Å². The third kappa shape index (κ3) is 9.41. The lowest BCUT2D eigenvalue weighted by Gasteiger charge is -2.34. The van der Waals surface area contributed by atoms with Gasteiger partial charge >= 0.3 is 0 Å². The summed E-state index contributed by atoms with van der Waals surface area (Å²) in [6.45, 7) is 2.21. The fourth-order valence-electron chi connectivity index (χ4n) is 7.18. The second-order valence-corrected chi connectivity index (χ2v) is 15.1. The van der Waals surface area contributed by atoms with Crippen molar-refractivity contribution >= 4 is 58.0 Å². The molecule has 18 heteroatoms. The van der Waals surface area contributed by atoms with Crippen LogP contribution in [-0.2, 0) is 35.0 Å². The highest BCUT2D eigenvalue weighted by Crippen LogP contribution is 2.34. The Morgan fingerprint density at radius 1 is 0.814 bits per heavy atom. The minimum Gasteiger partial charge on any atom is -0.378 e. The molecule has 3 aliphatic heterocycles. The zero-order valence-electron chi connectivity index (χ0n) is 31.9. The quantitative estimate of drug-likeness (QED) is 0.0951. The van der Waals surface area contributed by atoms with E-state index in [4.69, 9.17) is 14.2 Å². The van der Waals surface area contributed by atoms with E-state index in [0.717, 1.165) is 4.90 Å². The number of piperidine rings is 1. The molecular formula is C41H41FN6O10S. The number of nitrogens with zero attached hydrogens (tertiary/aromatic N) is 4. The predicted molar refractivity (Wildman–Crippen MR) is 210 cm³/mol. The minimum atomic E-state index is -1.03. The summed E-state index contributed by atoms with van der Waals surface area (Å²) >= 11 is 1.35. The number of H-pyrrole nitrogens is 1. The first-order valence-corrected chi connectivity index (χ1v) is 20.1. The molecule has 2 N–H and O–H groups in total. The van der Waals surface area contributed by atoms with Gasteiger partial charge in [-0.3, -0.25) is 43.8 Å². The van der Waals surface area contributed by atoms with Crippen molar-refractivity contribution in [1.29, 1.82) is 0 Å². The van der Waals surface area contributed by atoms with Gasteiger partial charge in [-0.1, -0.05) is 30.3 Å². The second-order valence-electron chi connectivity index (χ2n) is 14.0. The summed E-state index contributed by atoms with van der Waals surface area (Å²) < 4.78 is 31.6. The lowest BCUT2D eigenvalue weighted by atomic mass is 10.0. The standard InChI is InChI=1S/C41H41FN6O10S/c42-30-9-8-25(23-31-26-4-1-2-5-27(26)37(51)45-44-31)22-29(30)39(53)47-14-12-46(13-15-47)35(50)24-58-19-18-56-16-17-57-20-21-59-33-7-3-6-28-36(33)41(55)48(40(28)54)32-10-11-34(49)43-38(32)52/h1-9,22,32H,10-21,23-24H2,(H,45,51)(H,43,49,52). The number of hydrogen-bond acceptors (Lipinski definition) is 12. The van der Waals surface area contributed by atoms with E-state index in [2.05, 4.69) is 15.5 Å². The molecular weight excluding hydrogens is 788 g/mol. The number of aromatic amines is 1. The van der Waals surface area contributed by atoms with Gasteiger partial charge in [0.15, 0.2) is 0 Å². The molecule has 0 radical (unpaired) electrons. The fraction of sp³-hybridized carbons (Fsp3) is 0.366. The molecule has 4 aromatic rings. The summed E-state index contributed by atoms with van der Waals surface area (Å²) in [6.07, 6.45) is 0.418. The lowest BCUT2D eigenvalue weighted by Crippen LogP contribution is -2.54. The van der Waals surface area contributed by atoms with Crippen molar-refractivity contribution in [3.05, 3.63) is 105 Å². The average Bonchev–Trinajstić information content (AvgIpc) is 3.50. The van der Waals surface area contributed by atoms with Gasteiger partial charge in [-0.05, 0) is 42.3 Å². The number of amides is 6. The van der Waals surface area contributed by atoms with E-state index in [1.807, 2.05) is 0 Å². The van der Waals surface area contributed by atoms with E-state index in [0.29, 0.717) is 45.9 Å². The zero-order chi connectivity index (χ0) is 41.5. The highest BCUT2D eigenvalue weighted by Gasteiger charge is 2.45. The van der Waals surface area contributed by atoms with Gasteiger partial charge in [0.05, 0.1) is 60.8 Å². The van der Waals surface area contributed by atoms with E-state index in [1.54, 1.807) is 53.4 Å². The van der Waals surface area contributed by atoms with Crippen LogP contribution < -0.4 is 10.9 Å². The molecule has 1 unspecified atom stereocenters. The Hall–Kier alpha value is -5.82. The topological polar surface area (TPSA) is 198 Å². The van der Waals surface area contributed by atoms with Crippen LogP contribution >= 0.6 is 11.8 Å². The van der Waals surface area contributed by atoms with Crippen LogP contribution in [0.5, 0.6) is 0 Å². The molecule has 3 aromatic carbocycles. The van der Waals surface area contributed by atoms with Crippen LogP contribution in [0.1, 0.15) is 55.2 Å². The number of aromatic nitrogens is 2. The Morgan fingerprint density at radius 2 is 1.53 bits per heavy atom. The molecule has 0 spiro atoms. The second kappa shape index (κ2) is 18.8. The number of carbonyl (C=O) groups excluding carboxylic acids is 6. The van der Waals surface area contributed by atoms with Gasteiger partial charge in [0.1, 0.15) is 18.5 Å². The molecule has 2 fully saturated rings. The van der Waals surface area contributed by atoms with E-state index in [9.17, 15) is 38.0 Å². The van der Waals surface area contributed by atoms with Crippen molar-refractivity contribution in [3.8, 4) is 0 Å². The molecule has 0 aliphatic carbocycles. The Bertz CT molecular complexity index is 2350. The van der Waals surface area contributed by atoms with Gasteiger partial charge in [-0.2, -0.15) is 5.10 Å². The van der Waals surface area contributed by atoms with Crippen LogP contribution in [0.4, 0.5) is 4.39 Å². The Kier molecular flexibility index (Phi) is 13.2. The number of hydrogen-bond donors (Lipinski definition) is 2. The summed E-state index contributed by atoms with van der Waals surface area (Å²) in [5.41, 5.74) is 1.35. The molecule has 0 saturated carbocycles. The minimum absolute atomic E-state index is 0.0491. The Labute approximate surface area is 341 Å². The molecule has 308 valence electrons. The first kappa shape index (κ1) is 41.3. The number of carbonyl (C=O) groups is 6. The van der Waals surface area contributed by atoms with E-state index in [1.165, 1.54) is 28.8 Å². The number of halogens is 1. The molecule has 2 saturated heterocycles. The van der Waals surface area contributed by atoms with E-state index < -0.39 is 41.4 Å². The molecule has 1 atom stereocenters. The monoisotopic (exact) mass is 828 g/mol. The van der Waals surface area contributed by atoms with Crippen molar-refractivity contribution < 1.29 is 47.4 Å². The summed E-state index contributed by atoms with van der Waals surface area (Å²) in [7, 11) is 0. The molecule has 16 nitrogen and oxygen atoms in total.